The summed E-state index contributed by atoms with van der Waals surface area (Å²) in [5.41, 5.74) is -1.12. The molecule has 0 saturated carbocycles. The molecule has 0 spiro atoms. The minimum Gasteiger partial charge on any atom is -0.495 e. The number of piperidine rings is 1. The quantitative estimate of drug-likeness (QED) is 0.354. The molecule has 3 N–H and O–H groups in total. The number of halogens is 5. The van der Waals surface area contributed by atoms with Crippen LogP contribution in [0.5, 0.6) is 5.75 Å². The summed E-state index contributed by atoms with van der Waals surface area (Å²) < 4.78 is 72.5. The van der Waals surface area contributed by atoms with E-state index >= 15 is 0 Å². The van der Waals surface area contributed by atoms with Gasteiger partial charge in [-0.25, -0.2) is 13.8 Å². The second-order valence-electron chi connectivity index (χ2n) is 8.65. The van der Waals surface area contributed by atoms with E-state index in [2.05, 4.69) is 20.6 Å². The highest BCUT2D eigenvalue weighted by atomic mass is 19.4. The topological polar surface area (TPSA) is 103 Å². The number of hydrogen-bond donors (Lipinski definition) is 3. The van der Waals surface area contributed by atoms with Crippen molar-refractivity contribution >= 4 is 23.0 Å². The Morgan fingerprint density at radius 3 is 2.51 bits per heavy atom. The Kier molecular flexibility index (Phi) is 8.34. The standard InChI is InChI=1S/C24H27F5N6O2/c1-14-8-23(25,26)13-35(19(14)12-34-20-7-4-15(9-33-20)24(27,28)29)22(36)21(30)17(11-31-2)18-6-5-16(37-3)10-32-18/h4-7,9-11,14,19,30-31H,8,12-13H2,1-3H3,(H,33,34)/b17-11-,30-21?/t14-,19?/m1/s1. The fourth-order valence-electron chi connectivity index (χ4n) is 4.09. The molecule has 8 nitrogen and oxygen atoms in total. The van der Waals surface area contributed by atoms with E-state index in [1.807, 2.05) is 0 Å². The maximum atomic E-state index is 14.5. The van der Waals surface area contributed by atoms with Crippen molar-refractivity contribution in [1.82, 2.24) is 20.2 Å². The highest BCUT2D eigenvalue weighted by Gasteiger charge is 2.46. The number of alkyl halides is 5. The van der Waals surface area contributed by atoms with E-state index in [0.717, 1.165) is 17.0 Å². The largest absolute Gasteiger partial charge is 0.495 e. The number of nitrogens with zero attached hydrogens (tertiary/aromatic N) is 3. The Balaban J connectivity index is 1.84. The fourth-order valence-corrected chi connectivity index (χ4v) is 4.09. The molecule has 13 heteroatoms. The molecule has 1 aliphatic heterocycles. The zero-order valence-electron chi connectivity index (χ0n) is 20.4. The number of nitrogens with one attached hydrogen (secondary N) is 3. The number of likely N-dealkylation sites (tertiary alicyclic amines) is 1. The number of carbonyl (C=O) groups is 1. The zero-order valence-corrected chi connectivity index (χ0v) is 20.4. The second-order valence-corrected chi connectivity index (χ2v) is 8.65. The maximum absolute atomic E-state index is 14.5. The van der Waals surface area contributed by atoms with Crippen LogP contribution in [0.2, 0.25) is 0 Å². The van der Waals surface area contributed by atoms with Crippen molar-refractivity contribution in [3.05, 3.63) is 54.1 Å². The molecule has 1 unspecified atom stereocenters. The van der Waals surface area contributed by atoms with E-state index in [-0.39, 0.29) is 23.6 Å². The number of anilines is 1. The van der Waals surface area contributed by atoms with E-state index in [1.165, 1.54) is 25.6 Å². The van der Waals surface area contributed by atoms with Gasteiger partial charge in [-0.1, -0.05) is 6.92 Å². The van der Waals surface area contributed by atoms with Crippen LogP contribution in [0.1, 0.15) is 24.6 Å². The Bertz CT molecular complexity index is 1140. The molecule has 0 aliphatic carbocycles. The van der Waals surface area contributed by atoms with Crippen LogP contribution >= 0.6 is 0 Å². The predicted octanol–water partition coefficient (Wildman–Crippen LogP) is 4.07. The number of aromatic nitrogens is 2. The normalized spacial score (nSPS) is 19.8. The Labute approximate surface area is 210 Å². The molecule has 1 saturated heterocycles. The molecule has 1 fully saturated rings. The molecule has 37 heavy (non-hydrogen) atoms. The first kappa shape index (κ1) is 27.8. The lowest BCUT2D eigenvalue weighted by Gasteiger charge is -2.43. The summed E-state index contributed by atoms with van der Waals surface area (Å²) in [5.74, 6) is -4.24. The highest BCUT2D eigenvalue weighted by molar-refractivity contribution is 6.54. The lowest BCUT2D eigenvalue weighted by molar-refractivity contribution is -0.145. The van der Waals surface area contributed by atoms with E-state index in [1.54, 1.807) is 20.0 Å². The Morgan fingerprint density at radius 1 is 1.24 bits per heavy atom. The van der Waals surface area contributed by atoms with Gasteiger partial charge in [0, 0.05) is 38.0 Å². The van der Waals surface area contributed by atoms with Gasteiger partial charge in [-0.3, -0.25) is 15.2 Å². The SMILES string of the molecule is CN/C=C(\C(=N)C(=O)N1CC(F)(F)C[C@@H](C)C1CNc1ccc(C(F)(F)F)cn1)c1ccc(OC)cn1. The van der Waals surface area contributed by atoms with Gasteiger partial charge < -0.3 is 20.3 Å². The monoisotopic (exact) mass is 526 g/mol. The summed E-state index contributed by atoms with van der Waals surface area (Å²) in [6.45, 7) is 0.591. The second kappa shape index (κ2) is 11.1. The molecule has 1 amide bonds. The van der Waals surface area contributed by atoms with Crippen LogP contribution < -0.4 is 15.4 Å². The Hall–Kier alpha value is -3.77. The smallest absolute Gasteiger partial charge is 0.417 e. The van der Waals surface area contributed by atoms with E-state index in [4.69, 9.17) is 10.1 Å². The molecule has 2 aromatic heterocycles. The van der Waals surface area contributed by atoms with Gasteiger partial charge in [0.1, 0.15) is 17.3 Å². The first-order valence-corrected chi connectivity index (χ1v) is 11.3. The maximum Gasteiger partial charge on any atom is 0.417 e. The van der Waals surface area contributed by atoms with Crippen molar-refractivity contribution in [1.29, 1.82) is 5.41 Å². The van der Waals surface area contributed by atoms with Crippen LogP contribution in [-0.2, 0) is 11.0 Å². The van der Waals surface area contributed by atoms with E-state index in [0.29, 0.717) is 11.9 Å². The molecule has 3 rings (SSSR count). The van der Waals surface area contributed by atoms with E-state index in [9.17, 15) is 26.7 Å². The molecular formula is C24H27F5N6O2. The minimum absolute atomic E-state index is 0.0551. The van der Waals surface area contributed by atoms with Gasteiger partial charge in [0.25, 0.3) is 11.8 Å². The third kappa shape index (κ3) is 6.71. The average molecular weight is 527 g/mol. The molecule has 2 aromatic rings. The van der Waals surface area contributed by atoms with Crippen molar-refractivity contribution in [2.75, 3.05) is 32.6 Å². The van der Waals surface area contributed by atoms with Crippen molar-refractivity contribution in [2.45, 2.75) is 31.5 Å². The van der Waals surface area contributed by atoms with Crippen LogP contribution in [0.3, 0.4) is 0 Å². The number of ether oxygens (including phenoxy) is 1. The first-order chi connectivity index (χ1) is 17.4. The molecule has 0 bridgehead atoms. The molecule has 0 aromatic carbocycles. The third-order valence-corrected chi connectivity index (χ3v) is 5.94. The van der Waals surface area contributed by atoms with Gasteiger partial charge in [0.15, 0.2) is 0 Å². The third-order valence-electron chi connectivity index (χ3n) is 5.94. The van der Waals surface area contributed by atoms with Crippen LogP contribution in [0.4, 0.5) is 27.8 Å². The van der Waals surface area contributed by atoms with Crippen LogP contribution in [0.25, 0.3) is 5.57 Å². The lowest BCUT2D eigenvalue weighted by atomic mass is 9.87. The number of rotatable bonds is 8. The van der Waals surface area contributed by atoms with Gasteiger partial charge >= 0.3 is 6.18 Å². The van der Waals surface area contributed by atoms with Gasteiger partial charge in [0.2, 0.25) is 0 Å². The van der Waals surface area contributed by atoms with Crippen LogP contribution in [0, 0.1) is 11.3 Å². The summed E-state index contributed by atoms with van der Waals surface area (Å²) in [5, 5.41) is 14.1. The minimum atomic E-state index is -4.55. The first-order valence-electron chi connectivity index (χ1n) is 11.3. The molecule has 200 valence electrons. The molecule has 0 radical (unpaired) electrons. The molecule has 2 atom stereocenters. The summed E-state index contributed by atoms with van der Waals surface area (Å²) >= 11 is 0. The fraction of sp³-hybridized carbons (Fsp3) is 0.417. The highest BCUT2D eigenvalue weighted by Crippen LogP contribution is 2.35. The van der Waals surface area contributed by atoms with Gasteiger partial charge in [-0.15, -0.1) is 0 Å². The van der Waals surface area contributed by atoms with Gasteiger partial charge in [-0.2, -0.15) is 13.2 Å². The number of carbonyl (C=O) groups excluding carboxylic acids is 1. The van der Waals surface area contributed by atoms with E-state index < -0.39 is 54.2 Å². The zero-order chi connectivity index (χ0) is 27.4. The van der Waals surface area contributed by atoms with Gasteiger partial charge in [-0.05, 0) is 30.2 Å². The number of amides is 1. The number of hydrogen-bond acceptors (Lipinski definition) is 7. The summed E-state index contributed by atoms with van der Waals surface area (Å²) in [6.07, 6.45) is -1.60. The Morgan fingerprint density at radius 2 is 1.97 bits per heavy atom. The molecular weight excluding hydrogens is 499 g/mol. The average Bonchev–Trinajstić information content (AvgIpc) is 2.85. The molecule has 1 aliphatic rings. The van der Waals surface area contributed by atoms with Crippen LogP contribution in [-0.4, -0.2) is 65.7 Å². The molecule has 3 heterocycles. The van der Waals surface area contributed by atoms with Crippen molar-refractivity contribution < 1.29 is 31.5 Å². The lowest BCUT2D eigenvalue weighted by Crippen LogP contribution is -2.58. The van der Waals surface area contributed by atoms with Gasteiger partial charge in [0.05, 0.1) is 37.2 Å². The van der Waals surface area contributed by atoms with Crippen molar-refractivity contribution in [2.24, 2.45) is 5.92 Å². The van der Waals surface area contributed by atoms with Crippen molar-refractivity contribution in [3.8, 4) is 5.75 Å². The van der Waals surface area contributed by atoms with Crippen molar-refractivity contribution in [3.63, 3.8) is 0 Å². The summed E-state index contributed by atoms with van der Waals surface area (Å²) in [7, 11) is 3.01. The number of methoxy groups -OCH3 is 1. The summed E-state index contributed by atoms with van der Waals surface area (Å²) in [6, 6.07) is 4.32. The summed E-state index contributed by atoms with van der Waals surface area (Å²) in [4.78, 5) is 22.3. The number of pyridine rings is 2. The van der Waals surface area contributed by atoms with Crippen LogP contribution in [0.15, 0.2) is 42.9 Å². The predicted molar refractivity (Wildman–Crippen MR) is 128 cm³/mol.